The minimum atomic E-state index is -0.756. The molecule has 0 radical (unpaired) electrons. The molecule has 4 aromatic carbocycles. The number of benzene rings is 4. The summed E-state index contributed by atoms with van der Waals surface area (Å²) in [5.74, 6) is -0.654. The van der Waals surface area contributed by atoms with Crippen molar-refractivity contribution < 1.29 is 33.5 Å². The van der Waals surface area contributed by atoms with E-state index in [1.165, 1.54) is 23.1 Å². The smallest absolute Gasteiger partial charge is 0.255 e. The van der Waals surface area contributed by atoms with Crippen LogP contribution in [0.3, 0.4) is 0 Å². The van der Waals surface area contributed by atoms with E-state index in [9.17, 15) is 33.5 Å². The molecule has 9 rings (SSSR count). The lowest BCUT2D eigenvalue weighted by Crippen LogP contribution is -2.52. The number of phenols is 1. The Morgan fingerprint density at radius 1 is 0.955 bits per heavy atom. The summed E-state index contributed by atoms with van der Waals surface area (Å²) in [4.78, 5) is 82.7. The number of hydrogen-bond donors (Lipinski definition) is 3. The summed E-state index contributed by atoms with van der Waals surface area (Å²) in [5.41, 5.74) is 3.98. The number of carbonyl (C=O) groups is 5. The molecule has 0 saturated carbocycles. The van der Waals surface area contributed by atoms with Crippen LogP contribution in [0.15, 0.2) is 73.3 Å². The summed E-state index contributed by atoms with van der Waals surface area (Å²) in [5, 5.41) is 19.3. The van der Waals surface area contributed by atoms with Crippen LogP contribution >= 0.6 is 11.6 Å². The number of likely N-dealkylation sites (tertiary alicyclic amines) is 1. The number of halogens is 2. The van der Waals surface area contributed by atoms with Crippen molar-refractivity contribution in [1.82, 2.24) is 34.9 Å². The van der Waals surface area contributed by atoms with E-state index in [0.29, 0.717) is 72.7 Å². The fourth-order valence-electron chi connectivity index (χ4n) is 10.1. The predicted octanol–water partition coefficient (Wildman–Crippen LogP) is 6.07. The van der Waals surface area contributed by atoms with Gasteiger partial charge in [0.05, 0.1) is 5.52 Å². The SMILES string of the molecule is C=CC(=O)N1CCN(c2nc(NCCC(=O)N(C)CCCN3CCC(c4cc(F)cc5c4CN(C4CCC(=O)NC4=O)C5=O)CC3)nc3cc(-c4cc(O)cc5ccccc45)c(Cl)cc23)CC1. The van der Waals surface area contributed by atoms with Gasteiger partial charge in [-0.05, 0) is 121 Å². The second-order valence-corrected chi connectivity index (χ2v) is 18.2. The molecule has 3 N–H and O–H groups in total. The molecule has 5 heterocycles. The highest BCUT2D eigenvalue weighted by Gasteiger charge is 2.41. The van der Waals surface area contributed by atoms with Gasteiger partial charge in [-0.3, -0.25) is 29.3 Å². The third-order valence-electron chi connectivity index (χ3n) is 13.7. The van der Waals surface area contributed by atoms with Gasteiger partial charge in [-0.25, -0.2) is 9.37 Å². The molecule has 1 aromatic heterocycles. The average molecular weight is 930 g/mol. The lowest BCUT2D eigenvalue weighted by atomic mass is 9.85. The molecule has 3 saturated heterocycles. The highest BCUT2D eigenvalue weighted by atomic mass is 35.5. The first-order valence-electron chi connectivity index (χ1n) is 22.9. The van der Waals surface area contributed by atoms with Gasteiger partial charge >= 0.3 is 0 Å². The number of rotatable bonds is 13. The second-order valence-electron chi connectivity index (χ2n) is 17.8. The monoisotopic (exact) mass is 929 g/mol. The molecule has 1 unspecified atom stereocenters. The van der Waals surface area contributed by atoms with Gasteiger partial charge < -0.3 is 34.9 Å². The molecular weight excluding hydrogens is 877 g/mol. The number of nitrogens with zero attached hydrogens (tertiary/aromatic N) is 7. The molecule has 4 aliphatic rings. The van der Waals surface area contributed by atoms with Gasteiger partial charge in [0.25, 0.3) is 5.91 Å². The van der Waals surface area contributed by atoms with Crippen molar-refractivity contribution in [2.24, 2.45) is 0 Å². The lowest BCUT2D eigenvalue weighted by molar-refractivity contribution is -0.137. The van der Waals surface area contributed by atoms with Crippen LogP contribution in [0.4, 0.5) is 16.2 Å². The van der Waals surface area contributed by atoms with Crippen LogP contribution in [-0.2, 0) is 25.7 Å². The van der Waals surface area contributed by atoms with E-state index >= 15 is 0 Å². The first kappa shape index (κ1) is 45.5. The molecule has 17 heteroatoms. The molecule has 5 amide bonds. The van der Waals surface area contributed by atoms with Gasteiger partial charge in [-0.15, -0.1) is 0 Å². The van der Waals surface area contributed by atoms with E-state index in [2.05, 4.69) is 27.0 Å². The predicted molar refractivity (Wildman–Crippen MR) is 254 cm³/mol. The number of nitrogens with one attached hydrogen (secondary N) is 2. The third kappa shape index (κ3) is 9.50. The summed E-state index contributed by atoms with van der Waals surface area (Å²) < 4.78 is 14.9. The van der Waals surface area contributed by atoms with Crippen molar-refractivity contribution >= 4 is 74.6 Å². The highest BCUT2D eigenvalue weighted by Crippen LogP contribution is 2.41. The van der Waals surface area contributed by atoms with E-state index in [1.807, 2.05) is 36.4 Å². The van der Waals surface area contributed by atoms with Crippen LogP contribution in [0, 0.1) is 5.82 Å². The fourth-order valence-corrected chi connectivity index (χ4v) is 10.3. The Hall–Kier alpha value is -6.65. The Morgan fingerprint density at radius 2 is 1.73 bits per heavy atom. The minimum Gasteiger partial charge on any atom is -0.508 e. The number of amides is 5. The number of aromatic hydroxyl groups is 1. The number of hydrogen-bond acceptors (Lipinski definition) is 11. The maximum Gasteiger partial charge on any atom is 0.255 e. The molecule has 4 aliphatic heterocycles. The average Bonchev–Trinajstić information content (AvgIpc) is 3.65. The molecule has 0 bridgehead atoms. The van der Waals surface area contributed by atoms with E-state index in [1.54, 1.807) is 29.0 Å². The topological polar surface area (TPSA) is 172 Å². The molecule has 67 heavy (non-hydrogen) atoms. The molecule has 1 atom stereocenters. The number of carbonyl (C=O) groups excluding carboxylic acids is 5. The molecule has 0 spiro atoms. The van der Waals surface area contributed by atoms with Crippen molar-refractivity contribution in [1.29, 1.82) is 0 Å². The van der Waals surface area contributed by atoms with Gasteiger partial charge in [0.15, 0.2) is 0 Å². The van der Waals surface area contributed by atoms with Gasteiger partial charge in [0, 0.05) is 87.2 Å². The standard InChI is InChI=1S/C50H53ClFN9O6/c1-3-45(64)59-19-21-60(22-20-59)47-39-27-41(51)37(36-26-33(62)23-31-7-4-5-8-34(31)36)28-42(39)54-50(56-47)53-14-11-46(65)57(2)15-6-16-58-17-12-30(13-18-58)35-24-32(52)25-38-40(35)29-61(49(38)67)43-9-10-44(63)55-48(43)66/h3-5,7-8,23-28,30,43,62H,1,6,9-22,29H2,2H3,(H,53,54,56)(H,55,63,66). The third-order valence-corrected chi connectivity index (χ3v) is 14.0. The Labute approximate surface area is 392 Å². The molecule has 348 valence electrons. The molecule has 0 aliphatic carbocycles. The second kappa shape index (κ2) is 19.3. The van der Waals surface area contributed by atoms with E-state index in [-0.39, 0.29) is 61.1 Å². The Bertz CT molecular complexity index is 2810. The van der Waals surface area contributed by atoms with Crippen molar-refractivity contribution in [2.75, 3.05) is 76.2 Å². The summed E-state index contributed by atoms with van der Waals surface area (Å²) in [7, 11) is 1.80. The minimum absolute atomic E-state index is 0.0269. The summed E-state index contributed by atoms with van der Waals surface area (Å²) in [6, 6.07) is 17.0. The zero-order valence-electron chi connectivity index (χ0n) is 37.4. The number of aromatic nitrogens is 2. The highest BCUT2D eigenvalue weighted by molar-refractivity contribution is 6.35. The molecule has 3 fully saturated rings. The first-order chi connectivity index (χ1) is 32.3. The van der Waals surface area contributed by atoms with Crippen LogP contribution < -0.4 is 15.5 Å². The number of piperazine rings is 1. The normalized spacial score (nSPS) is 18.1. The summed E-state index contributed by atoms with van der Waals surface area (Å²) in [6.07, 6.45) is 4.28. The number of anilines is 2. The molecular formula is C50H53ClFN9O6. The van der Waals surface area contributed by atoms with Gasteiger partial charge in [0.1, 0.15) is 23.4 Å². The zero-order valence-corrected chi connectivity index (χ0v) is 38.2. The summed E-state index contributed by atoms with van der Waals surface area (Å²) in [6.45, 7) is 9.14. The number of fused-ring (bicyclic) bond motifs is 3. The molecule has 5 aromatic rings. The quantitative estimate of drug-likeness (QED) is 0.0925. The van der Waals surface area contributed by atoms with Crippen LogP contribution in [0.1, 0.15) is 65.9 Å². The Morgan fingerprint density at radius 3 is 2.49 bits per heavy atom. The van der Waals surface area contributed by atoms with Crippen molar-refractivity contribution in [2.45, 2.75) is 57.0 Å². The van der Waals surface area contributed by atoms with E-state index in [0.717, 1.165) is 71.7 Å². The fraction of sp³-hybridized carbons (Fsp3) is 0.380. The van der Waals surface area contributed by atoms with E-state index in [4.69, 9.17) is 21.6 Å². The lowest BCUT2D eigenvalue weighted by Gasteiger charge is -2.35. The van der Waals surface area contributed by atoms with Crippen molar-refractivity contribution in [3.8, 4) is 16.9 Å². The summed E-state index contributed by atoms with van der Waals surface area (Å²) >= 11 is 7.02. The van der Waals surface area contributed by atoms with E-state index < -0.39 is 17.8 Å². The van der Waals surface area contributed by atoms with Crippen LogP contribution in [0.2, 0.25) is 5.02 Å². The number of imide groups is 1. The maximum atomic E-state index is 14.9. The van der Waals surface area contributed by atoms with Crippen LogP contribution in [0.5, 0.6) is 5.75 Å². The zero-order chi connectivity index (χ0) is 46.9. The number of phenolic OH excluding ortho intramolecular Hbond substituents is 1. The van der Waals surface area contributed by atoms with Gasteiger partial charge in [-0.1, -0.05) is 42.4 Å². The van der Waals surface area contributed by atoms with Crippen molar-refractivity contribution in [3.63, 3.8) is 0 Å². The number of piperidine rings is 2. The van der Waals surface area contributed by atoms with Crippen LogP contribution in [-0.4, -0.2) is 136 Å². The van der Waals surface area contributed by atoms with Crippen molar-refractivity contribution in [3.05, 3.63) is 101 Å². The van der Waals surface area contributed by atoms with Gasteiger partial charge in [-0.2, -0.15) is 4.98 Å². The largest absolute Gasteiger partial charge is 0.508 e. The maximum absolute atomic E-state index is 14.9. The Kier molecular flexibility index (Phi) is 13.1. The molecule has 15 nitrogen and oxygen atoms in total. The van der Waals surface area contributed by atoms with Gasteiger partial charge in [0.2, 0.25) is 29.6 Å². The first-order valence-corrected chi connectivity index (χ1v) is 23.3. The Balaban J connectivity index is 0.810. The van der Waals surface area contributed by atoms with Crippen LogP contribution in [0.25, 0.3) is 32.8 Å².